The first kappa shape index (κ1) is 38.7. The average Bonchev–Trinajstić information content (AvgIpc) is 3.47. The molecule has 4 saturated carbocycles. The highest BCUT2D eigenvalue weighted by atomic mass is 16.4. The van der Waals surface area contributed by atoms with E-state index in [2.05, 4.69) is 76.9 Å². The number of allylic oxidation sites excluding steroid dienone is 2. The standard InChI is InChI=1S/C44H65N3O5/c1-28(27-45-25-26-47(7)8)31-15-21-44(39(52)46-24-18-36(48)49)23-22-42(5)33(37(31)44)13-14-35-41(4)19-16-32(29-9-11-30(12-10-29)38(50)51)40(2,3)34(41)17-20-43(35,42)6/h9-12,16,31,33-35,37,45H,1,13-15,17-27H2,2-8H3,(H,46,52)(H,48,49)(H,50,51)/t31-,33+,34?,35+,37+,41-,42+,43+,44-/m0/s1. The number of fused-ring (bicyclic) bond motifs is 7. The van der Waals surface area contributed by atoms with Gasteiger partial charge in [-0.2, -0.15) is 0 Å². The average molecular weight is 716 g/mol. The molecule has 0 aliphatic heterocycles. The van der Waals surface area contributed by atoms with Crippen LogP contribution in [0.2, 0.25) is 0 Å². The maximum atomic E-state index is 14.3. The Morgan fingerprint density at radius 1 is 0.865 bits per heavy atom. The summed E-state index contributed by atoms with van der Waals surface area (Å²) in [7, 11) is 4.17. The number of amides is 1. The first-order valence-electron chi connectivity index (χ1n) is 20.0. The van der Waals surface area contributed by atoms with Crippen LogP contribution in [0.25, 0.3) is 5.57 Å². The lowest BCUT2D eigenvalue weighted by molar-refractivity contribution is -0.225. The van der Waals surface area contributed by atoms with Crippen LogP contribution in [0.5, 0.6) is 0 Å². The Balaban J connectivity index is 1.31. The van der Waals surface area contributed by atoms with E-state index in [0.717, 1.165) is 76.6 Å². The summed E-state index contributed by atoms with van der Waals surface area (Å²) in [4.78, 5) is 39.5. The van der Waals surface area contributed by atoms with Crippen molar-refractivity contribution in [2.45, 2.75) is 98.8 Å². The fourth-order valence-corrected chi connectivity index (χ4v) is 13.5. The largest absolute Gasteiger partial charge is 0.481 e. The molecular formula is C44H65N3O5. The lowest BCUT2D eigenvalue weighted by Gasteiger charge is -2.72. The SMILES string of the molecule is C=C(CNCCN(C)C)[C@@H]1CC[C@]2(C(=O)NCCC(=O)O)CC[C@]3(C)[C@H](CC[C@@H]4[C@@]5(C)CC=C(c6ccc(C(=O)O)cc6)C(C)(C)C5CC[C@]43C)[C@@H]12. The molecule has 0 saturated heterocycles. The summed E-state index contributed by atoms with van der Waals surface area (Å²) in [5.41, 5.74) is 3.81. The van der Waals surface area contributed by atoms with Crippen LogP contribution >= 0.6 is 0 Å². The number of nitrogens with one attached hydrogen (secondary N) is 2. The number of hydrogen-bond acceptors (Lipinski definition) is 5. The molecule has 8 heteroatoms. The summed E-state index contributed by atoms with van der Waals surface area (Å²) in [6.07, 6.45) is 11.7. The minimum absolute atomic E-state index is 0.0551. The van der Waals surface area contributed by atoms with Crippen LogP contribution in [-0.2, 0) is 9.59 Å². The molecule has 0 heterocycles. The second-order valence-corrected chi connectivity index (χ2v) is 19.0. The molecule has 5 aliphatic carbocycles. The molecule has 4 fully saturated rings. The lowest BCUT2D eigenvalue weighted by Crippen LogP contribution is -2.66. The highest BCUT2D eigenvalue weighted by Gasteiger charge is 2.71. The monoisotopic (exact) mass is 715 g/mol. The van der Waals surface area contributed by atoms with Crippen LogP contribution < -0.4 is 10.6 Å². The van der Waals surface area contributed by atoms with Gasteiger partial charge in [0.15, 0.2) is 0 Å². The van der Waals surface area contributed by atoms with E-state index in [9.17, 15) is 24.6 Å². The molecule has 0 radical (unpaired) electrons. The molecule has 4 N–H and O–H groups in total. The number of carboxylic acids is 2. The van der Waals surface area contributed by atoms with Crippen molar-refractivity contribution in [1.82, 2.24) is 15.5 Å². The molecule has 52 heavy (non-hydrogen) atoms. The molecule has 5 aliphatic rings. The Morgan fingerprint density at radius 2 is 1.58 bits per heavy atom. The van der Waals surface area contributed by atoms with Gasteiger partial charge < -0.3 is 25.7 Å². The van der Waals surface area contributed by atoms with Crippen LogP contribution in [-0.4, -0.2) is 73.2 Å². The number of hydrogen-bond donors (Lipinski definition) is 4. The number of aromatic carboxylic acids is 1. The molecular weight excluding hydrogens is 651 g/mol. The third-order valence-corrected chi connectivity index (χ3v) is 16.1. The highest BCUT2D eigenvalue weighted by molar-refractivity contribution is 5.88. The topological polar surface area (TPSA) is 119 Å². The third-order valence-electron chi connectivity index (χ3n) is 16.1. The van der Waals surface area contributed by atoms with Gasteiger partial charge in [-0.3, -0.25) is 9.59 Å². The zero-order chi connectivity index (χ0) is 37.9. The van der Waals surface area contributed by atoms with Crippen LogP contribution in [0.1, 0.15) is 115 Å². The number of nitrogens with zero attached hydrogens (tertiary/aromatic N) is 1. The van der Waals surface area contributed by atoms with E-state index in [-0.39, 0.29) is 52.4 Å². The third kappa shape index (κ3) is 6.18. The van der Waals surface area contributed by atoms with Crippen molar-refractivity contribution in [2.75, 3.05) is 40.3 Å². The zero-order valence-corrected chi connectivity index (χ0v) is 32.9. The van der Waals surface area contributed by atoms with Crippen molar-refractivity contribution in [3.05, 3.63) is 53.6 Å². The maximum Gasteiger partial charge on any atom is 0.335 e. The summed E-state index contributed by atoms with van der Waals surface area (Å²) in [5, 5.41) is 25.6. The van der Waals surface area contributed by atoms with Gasteiger partial charge in [-0.05, 0) is 146 Å². The Labute approximate surface area is 312 Å². The van der Waals surface area contributed by atoms with E-state index in [1.54, 1.807) is 12.1 Å². The number of carboxylic acid groups (broad SMARTS) is 2. The molecule has 1 unspecified atom stereocenters. The van der Waals surface area contributed by atoms with Gasteiger partial charge in [-0.1, -0.05) is 65.0 Å². The van der Waals surface area contributed by atoms with Crippen molar-refractivity contribution >= 4 is 23.4 Å². The molecule has 8 nitrogen and oxygen atoms in total. The van der Waals surface area contributed by atoms with Crippen molar-refractivity contribution in [3.63, 3.8) is 0 Å². The number of likely N-dealkylation sites (N-methyl/N-ethyl adjacent to an activating group) is 1. The Morgan fingerprint density at radius 3 is 2.23 bits per heavy atom. The fraction of sp³-hybridized carbons (Fsp3) is 0.705. The second-order valence-electron chi connectivity index (χ2n) is 19.0. The quantitative estimate of drug-likeness (QED) is 0.129. The smallest absolute Gasteiger partial charge is 0.335 e. The van der Waals surface area contributed by atoms with E-state index in [1.165, 1.54) is 17.6 Å². The van der Waals surface area contributed by atoms with E-state index in [1.807, 2.05) is 12.1 Å². The lowest BCUT2D eigenvalue weighted by atomic mass is 9.32. The molecule has 1 aromatic carbocycles. The molecule has 0 bridgehead atoms. The molecule has 6 rings (SSSR count). The molecule has 286 valence electrons. The Hall–Kier alpha value is -2.97. The summed E-state index contributed by atoms with van der Waals surface area (Å²) < 4.78 is 0. The van der Waals surface area contributed by atoms with Gasteiger partial charge >= 0.3 is 11.9 Å². The number of aliphatic carboxylic acids is 1. The fourth-order valence-electron chi connectivity index (χ4n) is 13.5. The van der Waals surface area contributed by atoms with E-state index >= 15 is 0 Å². The van der Waals surface area contributed by atoms with Crippen LogP contribution in [0.15, 0.2) is 42.5 Å². The van der Waals surface area contributed by atoms with Gasteiger partial charge in [0.25, 0.3) is 0 Å². The van der Waals surface area contributed by atoms with Gasteiger partial charge in [-0.25, -0.2) is 4.79 Å². The second kappa shape index (κ2) is 14.0. The minimum atomic E-state index is -0.893. The van der Waals surface area contributed by atoms with Crippen molar-refractivity contribution < 1.29 is 24.6 Å². The summed E-state index contributed by atoms with van der Waals surface area (Å²) >= 11 is 0. The Kier molecular flexibility index (Phi) is 10.5. The van der Waals surface area contributed by atoms with Crippen molar-refractivity contribution in [1.29, 1.82) is 0 Å². The first-order valence-corrected chi connectivity index (χ1v) is 20.0. The summed E-state index contributed by atoms with van der Waals surface area (Å²) in [5.74, 6) is 0.219. The number of rotatable bonds is 12. The predicted octanol–water partition coefficient (Wildman–Crippen LogP) is 7.76. The van der Waals surface area contributed by atoms with Crippen LogP contribution in [0, 0.1) is 56.7 Å². The highest BCUT2D eigenvalue weighted by Crippen LogP contribution is 2.77. The predicted molar refractivity (Wildman–Crippen MR) is 207 cm³/mol. The number of carbonyl (C=O) groups is 3. The molecule has 9 atom stereocenters. The van der Waals surface area contributed by atoms with E-state index < -0.39 is 17.4 Å². The molecule has 0 spiro atoms. The van der Waals surface area contributed by atoms with Gasteiger partial charge in [0, 0.05) is 26.2 Å². The summed E-state index contributed by atoms with van der Waals surface area (Å²) in [6.45, 7) is 20.1. The normalized spacial score (nSPS) is 37.5. The van der Waals surface area contributed by atoms with Gasteiger partial charge in [-0.15, -0.1) is 0 Å². The van der Waals surface area contributed by atoms with E-state index in [4.69, 9.17) is 0 Å². The molecule has 1 amide bonds. The number of carbonyl (C=O) groups excluding carboxylic acids is 1. The van der Waals surface area contributed by atoms with Crippen LogP contribution in [0.3, 0.4) is 0 Å². The molecule has 1 aromatic rings. The maximum absolute atomic E-state index is 14.3. The molecule has 0 aromatic heterocycles. The van der Waals surface area contributed by atoms with E-state index in [0.29, 0.717) is 23.3 Å². The first-order chi connectivity index (χ1) is 24.4. The summed E-state index contributed by atoms with van der Waals surface area (Å²) in [6, 6.07) is 7.47. The minimum Gasteiger partial charge on any atom is -0.481 e. The van der Waals surface area contributed by atoms with Gasteiger partial charge in [0.05, 0.1) is 17.4 Å². The van der Waals surface area contributed by atoms with Crippen LogP contribution in [0.4, 0.5) is 0 Å². The van der Waals surface area contributed by atoms with Crippen molar-refractivity contribution in [3.8, 4) is 0 Å². The Bertz CT molecular complexity index is 1600. The van der Waals surface area contributed by atoms with Crippen molar-refractivity contribution in [2.24, 2.45) is 56.7 Å². The number of benzene rings is 1. The van der Waals surface area contributed by atoms with Gasteiger partial charge in [0.1, 0.15) is 0 Å². The zero-order valence-electron chi connectivity index (χ0n) is 32.9. The van der Waals surface area contributed by atoms with Gasteiger partial charge in [0.2, 0.25) is 5.91 Å².